The molecule has 2 aromatic rings. The van der Waals surface area contributed by atoms with Gasteiger partial charge in [-0.15, -0.1) is 0 Å². The van der Waals surface area contributed by atoms with Gasteiger partial charge in [0.05, 0.1) is 0 Å². The summed E-state index contributed by atoms with van der Waals surface area (Å²) in [6, 6.07) is 8.20. The van der Waals surface area contributed by atoms with Crippen LogP contribution in [0.4, 0.5) is 4.79 Å². The first-order valence-corrected chi connectivity index (χ1v) is 6.41. The molecule has 7 heteroatoms. The van der Waals surface area contributed by atoms with Crippen LogP contribution in [0.1, 0.15) is 0 Å². The SMILES string of the molecule is CN(C)C(=O)Oc1ccc(-c2nc(Cl)cc(Cl)n2)cc1. The molecule has 1 amide bonds. The quantitative estimate of drug-likeness (QED) is 0.796. The Bertz CT molecular complexity index is 610. The second kappa shape index (κ2) is 6.07. The molecule has 1 aromatic carbocycles. The van der Waals surface area contributed by atoms with E-state index in [2.05, 4.69) is 9.97 Å². The number of halogens is 2. The fourth-order valence-corrected chi connectivity index (χ4v) is 1.81. The van der Waals surface area contributed by atoms with Crippen LogP contribution in [0.5, 0.6) is 5.75 Å². The summed E-state index contributed by atoms with van der Waals surface area (Å²) in [6.45, 7) is 0. The van der Waals surface area contributed by atoms with Crippen LogP contribution in [0.2, 0.25) is 10.3 Å². The Kier molecular flexibility index (Phi) is 4.42. The maximum Gasteiger partial charge on any atom is 0.414 e. The molecule has 1 aromatic heterocycles. The number of ether oxygens (including phenoxy) is 1. The third-order valence-electron chi connectivity index (χ3n) is 2.35. The zero-order valence-corrected chi connectivity index (χ0v) is 12.3. The minimum Gasteiger partial charge on any atom is -0.410 e. The zero-order valence-electron chi connectivity index (χ0n) is 10.8. The molecular weight excluding hydrogens is 301 g/mol. The largest absolute Gasteiger partial charge is 0.414 e. The molecule has 0 saturated carbocycles. The first kappa shape index (κ1) is 14.6. The first-order valence-electron chi connectivity index (χ1n) is 5.65. The van der Waals surface area contributed by atoms with Gasteiger partial charge in [-0.05, 0) is 24.3 Å². The summed E-state index contributed by atoms with van der Waals surface area (Å²) in [5.74, 6) is 0.841. The Hall–Kier alpha value is -1.85. The highest BCUT2D eigenvalue weighted by Crippen LogP contribution is 2.22. The predicted molar refractivity (Wildman–Crippen MR) is 77.2 cm³/mol. The van der Waals surface area contributed by atoms with Crippen LogP contribution >= 0.6 is 23.2 Å². The Morgan fingerprint density at radius 2 is 1.65 bits per heavy atom. The molecule has 0 unspecified atom stereocenters. The lowest BCUT2D eigenvalue weighted by Gasteiger charge is -2.10. The molecule has 1 heterocycles. The van der Waals surface area contributed by atoms with Crippen molar-refractivity contribution in [2.24, 2.45) is 0 Å². The average molecular weight is 312 g/mol. The number of hydrogen-bond acceptors (Lipinski definition) is 4. The van der Waals surface area contributed by atoms with Gasteiger partial charge < -0.3 is 9.64 Å². The Morgan fingerprint density at radius 3 is 2.15 bits per heavy atom. The van der Waals surface area contributed by atoms with Gasteiger partial charge in [0.2, 0.25) is 0 Å². The lowest BCUT2D eigenvalue weighted by molar-refractivity contribution is 0.172. The van der Waals surface area contributed by atoms with Crippen molar-refractivity contribution < 1.29 is 9.53 Å². The number of carbonyl (C=O) groups is 1. The number of amides is 1. The molecule has 2 rings (SSSR count). The Balaban J connectivity index is 2.21. The van der Waals surface area contributed by atoms with E-state index in [0.29, 0.717) is 11.6 Å². The van der Waals surface area contributed by atoms with Crippen LogP contribution < -0.4 is 4.74 Å². The highest BCUT2D eigenvalue weighted by molar-refractivity contribution is 6.33. The molecule has 0 aliphatic carbocycles. The highest BCUT2D eigenvalue weighted by Gasteiger charge is 2.08. The lowest BCUT2D eigenvalue weighted by Crippen LogP contribution is -2.25. The monoisotopic (exact) mass is 311 g/mol. The number of nitrogens with zero attached hydrogens (tertiary/aromatic N) is 3. The maximum atomic E-state index is 11.4. The van der Waals surface area contributed by atoms with Crippen LogP contribution in [-0.4, -0.2) is 35.1 Å². The molecule has 0 fully saturated rings. The molecule has 0 aliphatic rings. The van der Waals surface area contributed by atoms with E-state index in [0.717, 1.165) is 5.56 Å². The van der Waals surface area contributed by atoms with E-state index in [1.807, 2.05) is 0 Å². The van der Waals surface area contributed by atoms with Crippen molar-refractivity contribution in [3.8, 4) is 17.1 Å². The van der Waals surface area contributed by atoms with Crippen molar-refractivity contribution in [1.29, 1.82) is 0 Å². The van der Waals surface area contributed by atoms with E-state index in [1.54, 1.807) is 38.4 Å². The van der Waals surface area contributed by atoms with E-state index in [9.17, 15) is 4.79 Å². The number of rotatable bonds is 2. The van der Waals surface area contributed by atoms with Crippen LogP contribution in [0, 0.1) is 0 Å². The molecule has 0 atom stereocenters. The van der Waals surface area contributed by atoms with E-state index in [1.165, 1.54) is 11.0 Å². The van der Waals surface area contributed by atoms with Gasteiger partial charge in [-0.1, -0.05) is 23.2 Å². The van der Waals surface area contributed by atoms with Gasteiger partial charge in [-0.2, -0.15) is 0 Å². The Labute approximate surface area is 126 Å². The summed E-state index contributed by atoms with van der Waals surface area (Å²) in [6.07, 6.45) is -0.445. The second-order valence-electron chi connectivity index (χ2n) is 4.12. The lowest BCUT2D eigenvalue weighted by atomic mass is 10.2. The van der Waals surface area contributed by atoms with Gasteiger partial charge in [0.25, 0.3) is 0 Å². The van der Waals surface area contributed by atoms with Crippen molar-refractivity contribution in [1.82, 2.24) is 14.9 Å². The molecule has 20 heavy (non-hydrogen) atoms. The average Bonchev–Trinajstić information content (AvgIpc) is 2.38. The summed E-state index contributed by atoms with van der Waals surface area (Å²) in [5.41, 5.74) is 0.721. The van der Waals surface area contributed by atoms with Gasteiger partial charge in [0, 0.05) is 25.7 Å². The molecule has 0 saturated heterocycles. The van der Waals surface area contributed by atoms with Gasteiger partial charge in [0.15, 0.2) is 5.82 Å². The van der Waals surface area contributed by atoms with E-state index in [4.69, 9.17) is 27.9 Å². The van der Waals surface area contributed by atoms with E-state index >= 15 is 0 Å². The molecule has 0 bridgehead atoms. The zero-order chi connectivity index (χ0) is 14.7. The molecule has 0 radical (unpaired) electrons. The minimum absolute atomic E-state index is 0.267. The third kappa shape index (κ3) is 3.59. The number of hydrogen-bond donors (Lipinski definition) is 0. The normalized spacial score (nSPS) is 10.2. The summed E-state index contributed by atoms with van der Waals surface area (Å²) >= 11 is 11.6. The fraction of sp³-hybridized carbons (Fsp3) is 0.154. The molecular formula is C13H11Cl2N3O2. The number of aromatic nitrogens is 2. The molecule has 0 N–H and O–H groups in total. The second-order valence-corrected chi connectivity index (χ2v) is 4.90. The first-order chi connectivity index (χ1) is 9.45. The van der Waals surface area contributed by atoms with Crippen molar-refractivity contribution in [2.45, 2.75) is 0 Å². The van der Waals surface area contributed by atoms with Gasteiger partial charge >= 0.3 is 6.09 Å². The predicted octanol–water partition coefficient (Wildman–Crippen LogP) is 3.51. The van der Waals surface area contributed by atoms with Crippen molar-refractivity contribution >= 4 is 29.3 Å². The van der Waals surface area contributed by atoms with E-state index < -0.39 is 6.09 Å². The van der Waals surface area contributed by atoms with Crippen LogP contribution in [0.15, 0.2) is 30.3 Å². The molecule has 5 nitrogen and oxygen atoms in total. The van der Waals surface area contributed by atoms with Gasteiger partial charge in [-0.25, -0.2) is 14.8 Å². The van der Waals surface area contributed by atoms with Gasteiger partial charge in [-0.3, -0.25) is 0 Å². The fourth-order valence-electron chi connectivity index (χ4n) is 1.38. The smallest absolute Gasteiger partial charge is 0.410 e. The van der Waals surface area contributed by atoms with Crippen molar-refractivity contribution in [3.05, 3.63) is 40.6 Å². The summed E-state index contributed by atoms with van der Waals surface area (Å²) in [7, 11) is 3.22. The third-order valence-corrected chi connectivity index (χ3v) is 2.73. The standard InChI is InChI=1S/C13H11Cl2N3O2/c1-18(2)13(19)20-9-5-3-8(4-6-9)12-16-10(14)7-11(15)17-12/h3-7H,1-2H3. The number of benzene rings is 1. The molecule has 104 valence electrons. The number of carbonyl (C=O) groups excluding carboxylic acids is 1. The topological polar surface area (TPSA) is 55.3 Å². The summed E-state index contributed by atoms with van der Waals surface area (Å²) in [5, 5.41) is 0.534. The van der Waals surface area contributed by atoms with Crippen molar-refractivity contribution in [2.75, 3.05) is 14.1 Å². The van der Waals surface area contributed by atoms with E-state index in [-0.39, 0.29) is 10.3 Å². The molecule has 0 aliphatic heterocycles. The summed E-state index contributed by atoms with van der Waals surface area (Å²) < 4.78 is 5.11. The maximum absolute atomic E-state index is 11.4. The summed E-state index contributed by atoms with van der Waals surface area (Å²) in [4.78, 5) is 20.9. The van der Waals surface area contributed by atoms with Crippen LogP contribution in [0.25, 0.3) is 11.4 Å². The van der Waals surface area contributed by atoms with Gasteiger partial charge in [0.1, 0.15) is 16.1 Å². The van der Waals surface area contributed by atoms with Crippen LogP contribution in [0.3, 0.4) is 0 Å². The minimum atomic E-state index is -0.445. The van der Waals surface area contributed by atoms with Crippen LogP contribution in [-0.2, 0) is 0 Å². The molecule has 0 spiro atoms. The van der Waals surface area contributed by atoms with Crippen molar-refractivity contribution in [3.63, 3.8) is 0 Å². The highest BCUT2D eigenvalue weighted by atomic mass is 35.5. The Morgan fingerprint density at radius 1 is 1.10 bits per heavy atom.